The molecule has 2 aromatic heterocycles. The van der Waals surface area contributed by atoms with E-state index < -0.39 is 0 Å². The lowest BCUT2D eigenvalue weighted by atomic mass is 10.2. The van der Waals surface area contributed by atoms with Crippen molar-refractivity contribution in [3.05, 3.63) is 30.4 Å². The van der Waals surface area contributed by atoms with E-state index in [1.165, 1.54) is 11.9 Å². The van der Waals surface area contributed by atoms with Gasteiger partial charge in [-0.15, -0.1) is 0 Å². The van der Waals surface area contributed by atoms with Crippen molar-refractivity contribution in [2.24, 2.45) is 5.73 Å². The van der Waals surface area contributed by atoms with Crippen molar-refractivity contribution in [3.63, 3.8) is 0 Å². The first kappa shape index (κ1) is 7.24. The number of nitrogens with zero attached hydrogens (tertiary/aromatic N) is 3. The van der Waals surface area contributed by atoms with E-state index in [1.807, 2.05) is 12.3 Å². The standard InChI is InChI=1S/C8H10N4/c9-2-1-7-3-8-4-10-6-11-12(8)5-7/h3-6H,1-2,9H2. The summed E-state index contributed by atoms with van der Waals surface area (Å²) in [6.07, 6.45) is 6.18. The van der Waals surface area contributed by atoms with Gasteiger partial charge in [-0.3, -0.25) is 0 Å². The van der Waals surface area contributed by atoms with Gasteiger partial charge < -0.3 is 5.73 Å². The fourth-order valence-electron chi connectivity index (χ4n) is 1.22. The van der Waals surface area contributed by atoms with Gasteiger partial charge in [0.15, 0.2) is 0 Å². The molecule has 2 aromatic rings. The molecule has 0 fully saturated rings. The summed E-state index contributed by atoms with van der Waals surface area (Å²) < 4.78 is 1.80. The molecule has 0 saturated carbocycles. The number of hydrogen-bond donors (Lipinski definition) is 1. The lowest BCUT2D eigenvalue weighted by Gasteiger charge is -1.88. The Morgan fingerprint density at radius 1 is 1.50 bits per heavy atom. The van der Waals surface area contributed by atoms with Crippen LogP contribution >= 0.6 is 0 Å². The van der Waals surface area contributed by atoms with Crippen LogP contribution in [-0.2, 0) is 6.42 Å². The molecule has 0 aliphatic rings. The molecule has 0 radical (unpaired) electrons. The van der Waals surface area contributed by atoms with Crippen LogP contribution < -0.4 is 5.73 Å². The summed E-state index contributed by atoms with van der Waals surface area (Å²) in [5, 5.41) is 4.05. The summed E-state index contributed by atoms with van der Waals surface area (Å²) in [7, 11) is 0. The van der Waals surface area contributed by atoms with Crippen molar-refractivity contribution in [3.8, 4) is 0 Å². The third kappa shape index (κ3) is 1.16. The molecular weight excluding hydrogens is 152 g/mol. The maximum Gasteiger partial charge on any atom is 0.136 e. The molecule has 2 heterocycles. The Hall–Kier alpha value is -1.42. The monoisotopic (exact) mass is 162 g/mol. The van der Waals surface area contributed by atoms with Crippen LogP contribution in [0.2, 0.25) is 0 Å². The fraction of sp³-hybridized carbons (Fsp3) is 0.250. The Morgan fingerprint density at radius 3 is 3.17 bits per heavy atom. The Labute approximate surface area is 70.0 Å². The molecule has 62 valence electrons. The maximum absolute atomic E-state index is 5.44. The average molecular weight is 162 g/mol. The predicted molar refractivity (Wildman–Crippen MR) is 45.7 cm³/mol. The molecule has 2 rings (SSSR count). The first-order valence-electron chi connectivity index (χ1n) is 3.87. The zero-order valence-corrected chi connectivity index (χ0v) is 6.64. The van der Waals surface area contributed by atoms with E-state index in [1.54, 1.807) is 10.7 Å². The highest BCUT2D eigenvalue weighted by Crippen LogP contribution is 2.06. The van der Waals surface area contributed by atoms with E-state index in [-0.39, 0.29) is 0 Å². The van der Waals surface area contributed by atoms with Gasteiger partial charge in [0.2, 0.25) is 0 Å². The summed E-state index contributed by atoms with van der Waals surface area (Å²) in [6, 6.07) is 2.05. The Balaban J connectivity index is 2.47. The summed E-state index contributed by atoms with van der Waals surface area (Å²) in [5.74, 6) is 0. The molecule has 12 heavy (non-hydrogen) atoms. The zero-order chi connectivity index (χ0) is 8.39. The molecule has 0 amide bonds. The minimum absolute atomic E-state index is 0.671. The van der Waals surface area contributed by atoms with Crippen LogP contribution in [0.1, 0.15) is 5.56 Å². The molecule has 0 spiro atoms. The first-order valence-corrected chi connectivity index (χ1v) is 3.87. The number of fused-ring (bicyclic) bond motifs is 1. The van der Waals surface area contributed by atoms with Crippen LogP contribution in [0.15, 0.2) is 24.8 Å². The molecule has 0 saturated heterocycles. The Kier molecular flexibility index (Phi) is 1.75. The minimum atomic E-state index is 0.671. The molecule has 0 atom stereocenters. The molecule has 2 N–H and O–H groups in total. The van der Waals surface area contributed by atoms with Gasteiger partial charge in [0, 0.05) is 6.20 Å². The summed E-state index contributed by atoms with van der Waals surface area (Å²) in [5.41, 5.74) is 7.66. The van der Waals surface area contributed by atoms with Crippen molar-refractivity contribution in [2.75, 3.05) is 6.54 Å². The summed E-state index contributed by atoms with van der Waals surface area (Å²) in [4.78, 5) is 3.92. The van der Waals surface area contributed by atoms with Crippen LogP contribution in [-0.4, -0.2) is 21.1 Å². The van der Waals surface area contributed by atoms with Crippen molar-refractivity contribution in [1.82, 2.24) is 14.6 Å². The summed E-state index contributed by atoms with van der Waals surface area (Å²) in [6.45, 7) is 0.671. The fourth-order valence-corrected chi connectivity index (χ4v) is 1.22. The van der Waals surface area contributed by atoms with Gasteiger partial charge in [0.05, 0.1) is 11.7 Å². The van der Waals surface area contributed by atoms with Gasteiger partial charge in [-0.2, -0.15) is 5.10 Å². The molecule has 4 nitrogen and oxygen atoms in total. The second kappa shape index (κ2) is 2.91. The van der Waals surface area contributed by atoms with Gasteiger partial charge in [0.1, 0.15) is 6.33 Å². The van der Waals surface area contributed by atoms with Gasteiger partial charge >= 0.3 is 0 Å². The predicted octanol–water partition coefficient (Wildman–Crippen LogP) is 0.230. The van der Waals surface area contributed by atoms with Gasteiger partial charge in [0.25, 0.3) is 0 Å². The van der Waals surface area contributed by atoms with E-state index >= 15 is 0 Å². The van der Waals surface area contributed by atoms with Crippen molar-refractivity contribution < 1.29 is 0 Å². The normalized spacial score (nSPS) is 10.8. The lowest BCUT2D eigenvalue weighted by Crippen LogP contribution is -2.01. The minimum Gasteiger partial charge on any atom is -0.330 e. The topological polar surface area (TPSA) is 56.2 Å². The highest BCUT2D eigenvalue weighted by Gasteiger charge is 1.97. The van der Waals surface area contributed by atoms with Crippen LogP contribution in [0.5, 0.6) is 0 Å². The number of aromatic nitrogens is 3. The lowest BCUT2D eigenvalue weighted by molar-refractivity contribution is 0.890. The molecule has 0 aliphatic carbocycles. The van der Waals surface area contributed by atoms with Crippen molar-refractivity contribution in [1.29, 1.82) is 0 Å². The molecule has 0 aromatic carbocycles. The Bertz CT molecular complexity index is 346. The second-order valence-corrected chi connectivity index (χ2v) is 2.67. The third-order valence-corrected chi connectivity index (χ3v) is 1.77. The Morgan fingerprint density at radius 2 is 2.42 bits per heavy atom. The van der Waals surface area contributed by atoms with E-state index in [0.29, 0.717) is 6.54 Å². The molecular formula is C8H10N4. The second-order valence-electron chi connectivity index (χ2n) is 2.67. The van der Waals surface area contributed by atoms with E-state index in [0.717, 1.165) is 11.9 Å². The largest absolute Gasteiger partial charge is 0.330 e. The van der Waals surface area contributed by atoms with Gasteiger partial charge in [-0.25, -0.2) is 9.50 Å². The molecule has 4 heteroatoms. The van der Waals surface area contributed by atoms with E-state index in [4.69, 9.17) is 5.73 Å². The van der Waals surface area contributed by atoms with E-state index in [9.17, 15) is 0 Å². The van der Waals surface area contributed by atoms with E-state index in [2.05, 4.69) is 10.1 Å². The first-order chi connectivity index (χ1) is 5.90. The number of hydrogen-bond acceptors (Lipinski definition) is 3. The molecule has 0 aliphatic heterocycles. The number of rotatable bonds is 2. The zero-order valence-electron chi connectivity index (χ0n) is 6.64. The molecule has 0 bridgehead atoms. The van der Waals surface area contributed by atoms with Crippen molar-refractivity contribution >= 4 is 5.52 Å². The van der Waals surface area contributed by atoms with Gasteiger partial charge in [-0.1, -0.05) is 0 Å². The van der Waals surface area contributed by atoms with Crippen LogP contribution in [0, 0.1) is 0 Å². The highest BCUT2D eigenvalue weighted by molar-refractivity contribution is 5.46. The van der Waals surface area contributed by atoms with Crippen LogP contribution in [0.25, 0.3) is 5.52 Å². The summed E-state index contributed by atoms with van der Waals surface area (Å²) >= 11 is 0. The average Bonchev–Trinajstić information content (AvgIpc) is 2.47. The van der Waals surface area contributed by atoms with Crippen molar-refractivity contribution in [2.45, 2.75) is 6.42 Å². The number of nitrogens with two attached hydrogens (primary N) is 1. The smallest absolute Gasteiger partial charge is 0.136 e. The maximum atomic E-state index is 5.44. The highest BCUT2D eigenvalue weighted by atomic mass is 15.2. The van der Waals surface area contributed by atoms with Crippen LogP contribution in [0.3, 0.4) is 0 Å². The quantitative estimate of drug-likeness (QED) is 0.687. The van der Waals surface area contributed by atoms with Gasteiger partial charge in [-0.05, 0) is 24.6 Å². The van der Waals surface area contributed by atoms with Crippen LogP contribution in [0.4, 0.5) is 0 Å². The SMILES string of the molecule is NCCc1cc2cncnn2c1. The molecule has 0 unspecified atom stereocenters. The third-order valence-electron chi connectivity index (χ3n) is 1.77.